The van der Waals surface area contributed by atoms with Crippen LogP contribution >= 0.6 is 0 Å². The second-order valence-corrected chi connectivity index (χ2v) is 11.3. The first-order valence-electron chi connectivity index (χ1n) is 13.9. The number of ether oxygens (including phenoxy) is 3. The number of hydrogen-bond donors (Lipinski definition) is 2. The van der Waals surface area contributed by atoms with E-state index in [2.05, 4.69) is 36.3 Å². The van der Waals surface area contributed by atoms with Crippen molar-refractivity contribution in [3.05, 3.63) is 77.0 Å². The summed E-state index contributed by atoms with van der Waals surface area (Å²) in [6.07, 6.45) is 1.66. The molecule has 0 bridgehead atoms. The number of hydrogen-bond acceptors (Lipinski definition) is 7. The van der Waals surface area contributed by atoms with Crippen LogP contribution in [0.2, 0.25) is 0 Å². The fourth-order valence-corrected chi connectivity index (χ4v) is 4.80. The van der Waals surface area contributed by atoms with E-state index in [1.807, 2.05) is 51.1 Å². The van der Waals surface area contributed by atoms with E-state index >= 15 is 0 Å². The zero-order valence-electron chi connectivity index (χ0n) is 24.7. The van der Waals surface area contributed by atoms with Crippen molar-refractivity contribution in [1.82, 2.24) is 15.2 Å². The molecule has 1 saturated heterocycles. The second-order valence-electron chi connectivity index (χ2n) is 11.3. The number of carbonyl (C=O) groups is 2. The van der Waals surface area contributed by atoms with Gasteiger partial charge in [0.05, 0.1) is 38.0 Å². The lowest BCUT2D eigenvalue weighted by Crippen LogP contribution is -2.44. The Balaban J connectivity index is 1.53. The van der Waals surface area contributed by atoms with E-state index in [1.165, 1.54) is 11.1 Å². The fraction of sp³-hybridized carbons (Fsp3) is 0.406. The Hall–Kier alpha value is -4.11. The van der Waals surface area contributed by atoms with Crippen LogP contribution in [0.3, 0.4) is 0 Å². The first kappa shape index (κ1) is 29.9. The van der Waals surface area contributed by atoms with E-state index in [-0.39, 0.29) is 24.5 Å². The number of aryl methyl sites for hydroxylation is 2. The van der Waals surface area contributed by atoms with Crippen LogP contribution < -0.4 is 15.8 Å². The summed E-state index contributed by atoms with van der Waals surface area (Å²) < 4.78 is 17.1. The quantitative estimate of drug-likeness (QED) is 0.392. The molecule has 0 aliphatic carbocycles. The van der Waals surface area contributed by atoms with Crippen molar-refractivity contribution in [3.63, 3.8) is 0 Å². The monoisotopic (exact) mass is 560 g/mol. The van der Waals surface area contributed by atoms with Crippen molar-refractivity contribution in [2.24, 2.45) is 0 Å². The first-order valence-corrected chi connectivity index (χ1v) is 13.9. The molecule has 0 unspecified atom stereocenters. The number of nitrogens with zero attached hydrogens (tertiary/aromatic N) is 2. The molecule has 0 radical (unpaired) electrons. The highest BCUT2D eigenvalue weighted by molar-refractivity contribution is 5.99. The molecule has 0 saturated carbocycles. The Labute approximate surface area is 242 Å². The van der Waals surface area contributed by atoms with Crippen LogP contribution in [-0.2, 0) is 22.5 Å². The number of anilines is 1. The molecule has 2 heterocycles. The van der Waals surface area contributed by atoms with Crippen LogP contribution in [0, 0.1) is 6.92 Å². The van der Waals surface area contributed by atoms with Gasteiger partial charge >= 0.3 is 6.09 Å². The molecule has 9 nitrogen and oxygen atoms in total. The molecule has 41 heavy (non-hydrogen) atoms. The highest BCUT2D eigenvalue weighted by Gasteiger charge is 2.39. The number of nitrogens with one attached hydrogen (secondary N) is 1. The molecule has 3 aromatic rings. The van der Waals surface area contributed by atoms with Crippen LogP contribution in [0.4, 0.5) is 10.6 Å². The third-order valence-corrected chi connectivity index (χ3v) is 7.08. The molecular formula is C32H40N4O5. The topological polar surface area (TPSA) is 116 Å². The van der Waals surface area contributed by atoms with Gasteiger partial charge in [-0.15, -0.1) is 0 Å². The van der Waals surface area contributed by atoms with Crippen molar-refractivity contribution < 1.29 is 23.8 Å². The number of aromatic nitrogens is 1. The van der Waals surface area contributed by atoms with Crippen molar-refractivity contribution in [2.45, 2.75) is 65.4 Å². The first-order chi connectivity index (χ1) is 19.5. The number of carbonyl (C=O) groups excluding carboxylic acids is 2. The number of nitrogen functional groups attached to an aromatic ring is 1. The maximum atomic E-state index is 13.5. The summed E-state index contributed by atoms with van der Waals surface area (Å²) in [6.45, 7) is 10.6. The molecule has 1 aliphatic rings. The minimum atomic E-state index is -0.644. The van der Waals surface area contributed by atoms with Gasteiger partial charge in [0.2, 0.25) is 0 Å². The van der Waals surface area contributed by atoms with E-state index in [4.69, 9.17) is 19.9 Å². The summed E-state index contributed by atoms with van der Waals surface area (Å²) >= 11 is 0. The number of nitrogens with two attached hydrogens (primary N) is 1. The predicted octanol–water partition coefficient (Wildman–Crippen LogP) is 5.14. The number of amides is 2. The van der Waals surface area contributed by atoms with E-state index in [9.17, 15) is 9.59 Å². The largest absolute Gasteiger partial charge is 0.497 e. The smallest absolute Gasteiger partial charge is 0.410 e. The number of methoxy groups -OCH3 is 1. The highest BCUT2D eigenvalue weighted by atomic mass is 16.6. The van der Waals surface area contributed by atoms with Crippen molar-refractivity contribution in [2.75, 3.05) is 25.9 Å². The standard InChI is InChI=1S/C32H40N4O5/c1-7-22-14-21(9-8-20(22)2)19-40-28-18-36(31(38)41-32(3,4)5)17-27(28)35-30(37)26-15-24(16-34-29(26)33)23-10-12-25(39-6)13-11-23/h8-16,27-28H,7,17-19H2,1-6H3,(H2,33,34)(H,35,37)/t27-,28-/m0/s1. The van der Waals surface area contributed by atoms with Gasteiger partial charge in [-0.25, -0.2) is 9.78 Å². The molecule has 2 aromatic carbocycles. The van der Waals surface area contributed by atoms with E-state index in [0.29, 0.717) is 6.61 Å². The Morgan fingerprint density at radius 1 is 1.07 bits per heavy atom. The van der Waals surface area contributed by atoms with Gasteiger partial charge in [0.25, 0.3) is 5.91 Å². The van der Waals surface area contributed by atoms with Gasteiger partial charge in [-0.1, -0.05) is 37.3 Å². The lowest BCUT2D eigenvalue weighted by Gasteiger charge is -2.24. The third-order valence-electron chi connectivity index (χ3n) is 7.08. The average molecular weight is 561 g/mol. The van der Waals surface area contributed by atoms with Crippen LogP contribution in [0.25, 0.3) is 11.1 Å². The van der Waals surface area contributed by atoms with Crippen LogP contribution in [0.1, 0.15) is 54.7 Å². The molecule has 2 atom stereocenters. The molecular weight excluding hydrogens is 520 g/mol. The summed E-state index contributed by atoms with van der Waals surface area (Å²) in [5, 5.41) is 3.05. The highest BCUT2D eigenvalue weighted by Crippen LogP contribution is 2.26. The molecule has 3 N–H and O–H groups in total. The molecule has 218 valence electrons. The Morgan fingerprint density at radius 2 is 1.80 bits per heavy atom. The maximum absolute atomic E-state index is 13.5. The Morgan fingerprint density at radius 3 is 2.46 bits per heavy atom. The minimum absolute atomic E-state index is 0.117. The van der Waals surface area contributed by atoms with Gasteiger partial charge in [-0.05, 0) is 74.6 Å². The summed E-state index contributed by atoms with van der Waals surface area (Å²) in [4.78, 5) is 32.2. The van der Waals surface area contributed by atoms with Crippen LogP contribution in [0.5, 0.6) is 5.75 Å². The van der Waals surface area contributed by atoms with E-state index in [0.717, 1.165) is 28.9 Å². The second kappa shape index (κ2) is 12.6. The van der Waals surface area contributed by atoms with E-state index in [1.54, 1.807) is 24.3 Å². The van der Waals surface area contributed by atoms with Crippen LogP contribution in [0.15, 0.2) is 54.7 Å². The van der Waals surface area contributed by atoms with Crippen LogP contribution in [-0.4, -0.2) is 59.8 Å². The fourth-order valence-electron chi connectivity index (χ4n) is 4.80. The molecule has 1 aliphatic heterocycles. The maximum Gasteiger partial charge on any atom is 0.410 e. The molecule has 4 rings (SSSR count). The van der Waals surface area contributed by atoms with Crippen molar-refractivity contribution in [1.29, 1.82) is 0 Å². The Kier molecular flexibility index (Phi) is 9.18. The van der Waals surface area contributed by atoms with Gasteiger partial charge in [0.1, 0.15) is 17.2 Å². The average Bonchev–Trinajstić information content (AvgIpc) is 3.34. The molecule has 2 amide bonds. The Bertz CT molecular complexity index is 1380. The van der Waals surface area contributed by atoms with Gasteiger partial charge < -0.3 is 30.2 Å². The van der Waals surface area contributed by atoms with Crippen molar-refractivity contribution >= 4 is 17.8 Å². The van der Waals surface area contributed by atoms with Crippen molar-refractivity contribution in [3.8, 4) is 16.9 Å². The SMILES string of the molecule is CCc1cc(CO[C@H]2CN(C(=O)OC(C)(C)C)C[C@@H]2NC(=O)c2cc(-c3ccc(OC)cc3)cnc2N)ccc1C. The van der Waals surface area contributed by atoms with Gasteiger partial charge in [0.15, 0.2) is 0 Å². The molecule has 0 spiro atoms. The number of pyridine rings is 1. The predicted molar refractivity (Wildman–Crippen MR) is 159 cm³/mol. The summed E-state index contributed by atoms with van der Waals surface area (Å²) in [5.74, 6) is 0.457. The number of likely N-dealkylation sites (tertiary alicyclic amines) is 1. The molecule has 9 heteroatoms. The number of benzene rings is 2. The summed E-state index contributed by atoms with van der Waals surface area (Å²) in [5.41, 5.74) is 10.9. The van der Waals surface area contributed by atoms with Gasteiger partial charge in [-0.2, -0.15) is 0 Å². The number of rotatable bonds is 8. The summed E-state index contributed by atoms with van der Waals surface area (Å²) in [7, 11) is 1.61. The van der Waals surface area contributed by atoms with Gasteiger partial charge in [0, 0.05) is 18.3 Å². The normalized spacial score (nSPS) is 16.9. The lowest BCUT2D eigenvalue weighted by molar-refractivity contribution is 0.0159. The minimum Gasteiger partial charge on any atom is -0.497 e. The molecule has 1 aromatic heterocycles. The summed E-state index contributed by atoms with van der Waals surface area (Å²) in [6, 6.07) is 15.0. The zero-order valence-corrected chi connectivity index (χ0v) is 24.7. The molecule has 1 fully saturated rings. The van der Waals surface area contributed by atoms with E-state index < -0.39 is 29.7 Å². The van der Waals surface area contributed by atoms with Gasteiger partial charge in [-0.3, -0.25) is 4.79 Å². The zero-order chi connectivity index (χ0) is 29.7. The third kappa shape index (κ3) is 7.55. The lowest BCUT2D eigenvalue weighted by atomic mass is 10.0.